The Morgan fingerprint density at radius 3 is 3.06 bits per heavy atom. The topological polar surface area (TPSA) is 42.7 Å². The molecule has 1 aromatic rings. The highest BCUT2D eigenvalue weighted by molar-refractivity contribution is 6.18. The van der Waals surface area contributed by atoms with Gasteiger partial charge in [0.15, 0.2) is 0 Å². The van der Waals surface area contributed by atoms with Gasteiger partial charge in [-0.2, -0.15) is 5.10 Å². The number of nitrogens with one attached hydrogen (secondary N) is 1. The lowest BCUT2D eigenvalue weighted by molar-refractivity contribution is 0.405. The highest BCUT2D eigenvalue weighted by Crippen LogP contribution is 2.26. The van der Waals surface area contributed by atoms with Crippen LogP contribution in [0.4, 0.5) is 0 Å². The van der Waals surface area contributed by atoms with Crippen molar-refractivity contribution >= 4 is 11.6 Å². The Hall–Kier alpha value is -0.610. The standard InChI is InChI=1S/C13H23ClN4/c1-10(2)8-18-13(16-9-17-18)7-15-12-5-3-4-11(12)6-14/h9-12,15H,3-8H2,1-2H3. The molecule has 1 heterocycles. The summed E-state index contributed by atoms with van der Waals surface area (Å²) < 4.78 is 2.00. The smallest absolute Gasteiger partial charge is 0.140 e. The number of aromatic nitrogens is 3. The molecule has 2 atom stereocenters. The zero-order chi connectivity index (χ0) is 13.0. The molecule has 0 radical (unpaired) electrons. The van der Waals surface area contributed by atoms with Gasteiger partial charge in [-0.15, -0.1) is 11.6 Å². The van der Waals surface area contributed by atoms with E-state index in [9.17, 15) is 0 Å². The summed E-state index contributed by atoms with van der Waals surface area (Å²) in [6, 6.07) is 0.548. The predicted molar refractivity (Wildman–Crippen MR) is 73.5 cm³/mol. The highest BCUT2D eigenvalue weighted by atomic mass is 35.5. The van der Waals surface area contributed by atoms with Crippen LogP contribution >= 0.6 is 11.6 Å². The van der Waals surface area contributed by atoms with E-state index in [2.05, 4.69) is 29.2 Å². The minimum absolute atomic E-state index is 0.548. The van der Waals surface area contributed by atoms with E-state index in [1.54, 1.807) is 6.33 Å². The molecule has 0 aromatic carbocycles. The summed E-state index contributed by atoms with van der Waals surface area (Å²) in [6.07, 6.45) is 5.41. The molecular formula is C13H23ClN4. The van der Waals surface area contributed by atoms with Crippen LogP contribution in [0.3, 0.4) is 0 Å². The van der Waals surface area contributed by atoms with Crippen LogP contribution in [0.1, 0.15) is 38.9 Å². The molecule has 18 heavy (non-hydrogen) atoms. The minimum Gasteiger partial charge on any atom is -0.307 e. The maximum absolute atomic E-state index is 5.99. The highest BCUT2D eigenvalue weighted by Gasteiger charge is 2.26. The normalized spacial score (nSPS) is 24.0. The minimum atomic E-state index is 0.548. The third-order valence-corrected chi connectivity index (χ3v) is 4.01. The Morgan fingerprint density at radius 2 is 2.33 bits per heavy atom. The lowest BCUT2D eigenvalue weighted by Gasteiger charge is -2.19. The van der Waals surface area contributed by atoms with Crippen molar-refractivity contribution in [2.45, 2.75) is 52.2 Å². The van der Waals surface area contributed by atoms with E-state index in [1.807, 2.05) is 4.68 Å². The average Bonchev–Trinajstić information content (AvgIpc) is 2.94. The van der Waals surface area contributed by atoms with Gasteiger partial charge in [-0.3, -0.25) is 0 Å². The summed E-state index contributed by atoms with van der Waals surface area (Å²) in [4.78, 5) is 4.34. The van der Waals surface area contributed by atoms with E-state index in [1.165, 1.54) is 19.3 Å². The quantitative estimate of drug-likeness (QED) is 0.808. The van der Waals surface area contributed by atoms with Crippen LogP contribution in [-0.4, -0.2) is 26.7 Å². The molecule has 1 fully saturated rings. The van der Waals surface area contributed by atoms with Crippen LogP contribution in [0.2, 0.25) is 0 Å². The largest absolute Gasteiger partial charge is 0.307 e. The first kappa shape index (κ1) is 13.8. The van der Waals surface area contributed by atoms with E-state index in [0.717, 1.165) is 24.8 Å². The lowest BCUT2D eigenvalue weighted by atomic mass is 10.1. The maximum atomic E-state index is 5.99. The molecular weight excluding hydrogens is 248 g/mol. The van der Waals surface area contributed by atoms with Gasteiger partial charge in [0.25, 0.3) is 0 Å². The van der Waals surface area contributed by atoms with Gasteiger partial charge >= 0.3 is 0 Å². The molecule has 1 N–H and O–H groups in total. The fourth-order valence-corrected chi connectivity index (χ4v) is 3.01. The number of hydrogen-bond donors (Lipinski definition) is 1. The van der Waals surface area contributed by atoms with Gasteiger partial charge in [0.2, 0.25) is 0 Å². The Morgan fingerprint density at radius 1 is 1.50 bits per heavy atom. The molecule has 0 bridgehead atoms. The van der Waals surface area contributed by atoms with Crippen molar-refractivity contribution in [3.63, 3.8) is 0 Å². The summed E-state index contributed by atoms with van der Waals surface area (Å²) in [7, 11) is 0. The molecule has 1 saturated carbocycles. The Balaban J connectivity index is 1.88. The predicted octanol–water partition coefficient (Wildman–Crippen LogP) is 2.43. The molecule has 102 valence electrons. The fourth-order valence-electron chi connectivity index (χ4n) is 2.64. The van der Waals surface area contributed by atoms with Crippen LogP contribution in [0.5, 0.6) is 0 Å². The van der Waals surface area contributed by atoms with E-state index in [4.69, 9.17) is 11.6 Å². The van der Waals surface area contributed by atoms with Crippen molar-refractivity contribution < 1.29 is 0 Å². The third-order valence-electron chi connectivity index (χ3n) is 3.61. The summed E-state index contributed by atoms with van der Waals surface area (Å²) in [5, 5.41) is 7.87. The second-order valence-corrected chi connectivity index (χ2v) is 5.89. The molecule has 0 amide bonds. The van der Waals surface area contributed by atoms with Crippen LogP contribution in [0.25, 0.3) is 0 Å². The molecule has 0 spiro atoms. The van der Waals surface area contributed by atoms with Gasteiger partial charge in [-0.05, 0) is 24.7 Å². The SMILES string of the molecule is CC(C)Cn1ncnc1CNC1CCCC1CCl. The van der Waals surface area contributed by atoms with Gasteiger partial charge in [0, 0.05) is 18.5 Å². The van der Waals surface area contributed by atoms with E-state index < -0.39 is 0 Å². The first-order valence-corrected chi connectivity index (χ1v) is 7.40. The van der Waals surface area contributed by atoms with E-state index >= 15 is 0 Å². The fraction of sp³-hybridized carbons (Fsp3) is 0.846. The molecule has 1 aromatic heterocycles. The van der Waals surface area contributed by atoms with Crippen molar-refractivity contribution in [3.05, 3.63) is 12.2 Å². The number of alkyl halides is 1. The van der Waals surface area contributed by atoms with Gasteiger partial charge in [0.1, 0.15) is 12.2 Å². The molecule has 1 aliphatic carbocycles. The van der Waals surface area contributed by atoms with Crippen LogP contribution < -0.4 is 5.32 Å². The molecule has 1 aliphatic rings. The van der Waals surface area contributed by atoms with Crippen LogP contribution in [-0.2, 0) is 13.1 Å². The Bertz CT molecular complexity index is 364. The van der Waals surface area contributed by atoms with Crippen molar-refractivity contribution in [3.8, 4) is 0 Å². The molecule has 0 saturated heterocycles. The monoisotopic (exact) mass is 270 g/mol. The van der Waals surface area contributed by atoms with Crippen molar-refractivity contribution in [1.82, 2.24) is 20.1 Å². The third kappa shape index (κ3) is 3.45. The lowest BCUT2D eigenvalue weighted by Crippen LogP contribution is -2.33. The molecule has 5 heteroatoms. The number of nitrogens with zero attached hydrogens (tertiary/aromatic N) is 3. The number of rotatable bonds is 6. The molecule has 0 aliphatic heterocycles. The number of hydrogen-bond acceptors (Lipinski definition) is 3. The van der Waals surface area contributed by atoms with Gasteiger partial charge in [-0.1, -0.05) is 20.3 Å². The number of halogens is 1. The average molecular weight is 271 g/mol. The Labute approximate surface area is 114 Å². The Kier molecular flexibility index (Phi) is 5.01. The summed E-state index contributed by atoms with van der Waals surface area (Å²) >= 11 is 5.99. The van der Waals surface area contributed by atoms with E-state index in [-0.39, 0.29) is 0 Å². The first-order valence-electron chi connectivity index (χ1n) is 6.86. The first-order chi connectivity index (χ1) is 8.70. The van der Waals surface area contributed by atoms with Crippen LogP contribution in [0.15, 0.2) is 6.33 Å². The summed E-state index contributed by atoms with van der Waals surface area (Å²) in [5.41, 5.74) is 0. The summed E-state index contributed by atoms with van der Waals surface area (Å²) in [5.74, 6) is 3.00. The van der Waals surface area contributed by atoms with E-state index in [0.29, 0.717) is 17.9 Å². The van der Waals surface area contributed by atoms with Gasteiger partial charge in [0.05, 0.1) is 6.54 Å². The van der Waals surface area contributed by atoms with Gasteiger partial charge < -0.3 is 5.32 Å². The van der Waals surface area contributed by atoms with Crippen molar-refractivity contribution in [2.75, 3.05) is 5.88 Å². The van der Waals surface area contributed by atoms with Crippen molar-refractivity contribution in [2.24, 2.45) is 11.8 Å². The van der Waals surface area contributed by atoms with Crippen molar-refractivity contribution in [1.29, 1.82) is 0 Å². The molecule has 4 nitrogen and oxygen atoms in total. The second-order valence-electron chi connectivity index (χ2n) is 5.58. The zero-order valence-electron chi connectivity index (χ0n) is 11.3. The summed E-state index contributed by atoms with van der Waals surface area (Å²) in [6.45, 7) is 6.12. The molecule has 2 unspecified atom stereocenters. The second kappa shape index (κ2) is 6.53. The van der Waals surface area contributed by atoms with Gasteiger partial charge in [-0.25, -0.2) is 9.67 Å². The maximum Gasteiger partial charge on any atom is 0.140 e. The molecule has 2 rings (SSSR count). The van der Waals surface area contributed by atoms with Crippen LogP contribution in [0, 0.1) is 11.8 Å². The zero-order valence-corrected chi connectivity index (χ0v) is 12.0.